The number of aromatic nitrogens is 2. The van der Waals surface area contributed by atoms with Gasteiger partial charge in [0, 0.05) is 36.9 Å². The molecule has 1 atom stereocenters. The Hall–Kier alpha value is -3.28. The van der Waals surface area contributed by atoms with Crippen LogP contribution in [0.15, 0.2) is 54.6 Å². The summed E-state index contributed by atoms with van der Waals surface area (Å²) in [7, 11) is 1.64. The standard InChI is InChI=1S/C23H26N4O2/c1-16-6-4-8-19(12-16)27-11-10-26(15-17(27)2)23(28)22-14-21(24-25-22)18-7-5-9-20(13-18)29-3/h4-9,12-14,17H,10-11,15H2,1-3H3,(H,24,25). The third kappa shape index (κ3) is 3.97. The smallest absolute Gasteiger partial charge is 0.272 e. The fourth-order valence-corrected chi connectivity index (χ4v) is 3.86. The summed E-state index contributed by atoms with van der Waals surface area (Å²) in [6.45, 7) is 6.45. The largest absolute Gasteiger partial charge is 0.497 e. The van der Waals surface area contributed by atoms with E-state index in [4.69, 9.17) is 4.74 Å². The van der Waals surface area contributed by atoms with Crippen LogP contribution in [0.1, 0.15) is 23.0 Å². The highest BCUT2D eigenvalue weighted by molar-refractivity contribution is 5.93. The predicted molar refractivity (Wildman–Crippen MR) is 114 cm³/mol. The van der Waals surface area contributed by atoms with E-state index in [0.29, 0.717) is 18.8 Å². The molecular weight excluding hydrogens is 364 g/mol. The Morgan fingerprint density at radius 3 is 2.72 bits per heavy atom. The minimum Gasteiger partial charge on any atom is -0.497 e. The van der Waals surface area contributed by atoms with E-state index in [9.17, 15) is 4.79 Å². The molecule has 1 aromatic heterocycles. The normalized spacial score (nSPS) is 16.7. The highest BCUT2D eigenvalue weighted by Gasteiger charge is 2.28. The summed E-state index contributed by atoms with van der Waals surface area (Å²) < 4.78 is 5.27. The first-order valence-electron chi connectivity index (χ1n) is 9.87. The summed E-state index contributed by atoms with van der Waals surface area (Å²) in [6.07, 6.45) is 0. The first-order valence-corrected chi connectivity index (χ1v) is 9.87. The zero-order valence-electron chi connectivity index (χ0n) is 17.1. The van der Waals surface area contributed by atoms with Crippen molar-refractivity contribution in [1.82, 2.24) is 15.1 Å². The summed E-state index contributed by atoms with van der Waals surface area (Å²) >= 11 is 0. The minimum atomic E-state index is -0.0117. The van der Waals surface area contributed by atoms with Crippen LogP contribution in [-0.2, 0) is 0 Å². The van der Waals surface area contributed by atoms with Crippen LogP contribution in [0.5, 0.6) is 5.75 Å². The first kappa shape index (κ1) is 19.1. The number of piperazine rings is 1. The maximum absolute atomic E-state index is 13.0. The van der Waals surface area contributed by atoms with E-state index in [0.717, 1.165) is 23.6 Å². The fraction of sp³-hybridized carbons (Fsp3) is 0.304. The lowest BCUT2D eigenvalue weighted by Gasteiger charge is -2.41. The second-order valence-electron chi connectivity index (χ2n) is 7.53. The number of methoxy groups -OCH3 is 1. The quantitative estimate of drug-likeness (QED) is 0.737. The Morgan fingerprint density at radius 2 is 1.97 bits per heavy atom. The Kier molecular flexibility index (Phi) is 5.25. The molecule has 0 aliphatic carbocycles. The zero-order chi connectivity index (χ0) is 20.4. The van der Waals surface area contributed by atoms with Crippen LogP contribution in [0, 0.1) is 6.92 Å². The number of nitrogens with zero attached hydrogens (tertiary/aromatic N) is 3. The molecule has 2 aromatic carbocycles. The molecule has 150 valence electrons. The second kappa shape index (κ2) is 7.99. The van der Waals surface area contributed by atoms with Gasteiger partial charge in [-0.25, -0.2) is 0 Å². The number of rotatable bonds is 4. The summed E-state index contributed by atoms with van der Waals surface area (Å²) in [5.74, 6) is 0.752. The molecule has 1 aliphatic heterocycles. The molecule has 2 heterocycles. The van der Waals surface area contributed by atoms with Gasteiger partial charge in [0.15, 0.2) is 0 Å². The lowest BCUT2D eigenvalue weighted by atomic mass is 10.1. The molecule has 3 aromatic rings. The maximum atomic E-state index is 13.0. The predicted octanol–water partition coefficient (Wildman–Crippen LogP) is 3.74. The van der Waals surface area contributed by atoms with E-state index in [-0.39, 0.29) is 11.9 Å². The van der Waals surface area contributed by atoms with Crippen molar-refractivity contribution in [2.24, 2.45) is 0 Å². The average Bonchev–Trinajstić information content (AvgIpc) is 3.23. The monoisotopic (exact) mass is 390 g/mol. The van der Waals surface area contributed by atoms with Crippen LogP contribution < -0.4 is 9.64 Å². The summed E-state index contributed by atoms with van der Waals surface area (Å²) in [4.78, 5) is 17.3. The molecule has 1 amide bonds. The molecule has 1 fully saturated rings. The van der Waals surface area contributed by atoms with Crippen LogP contribution in [0.4, 0.5) is 5.69 Å². The van der Waals surface area contributed by atoms with Crippen molar-refractivity contribution in [3.63, 3.8) is 0 Å². The molecule has 6 heteroatoms. The summed E-state index contributed by atoms with van der Waals surface area (Å²) in [6, 6.07) is 18.2. The van der Waals surface area contributed by atoms with Crippen LogP contribution in [0.2, 0.25) is 0 Å². The molecule has 0 radical (unpaired) electrons. The number of hydrogen-bond donors (Lipinski definition) is 1. The number of amides is 1. The Bertz CT molecular complexity index is 1010. The lowest BCUT2D eigenvalue weighted by Crippen LogP contribution is -2.53. The molecule has 4 rings (SSSR count). The molecule has 0 bridgehead atoms. The molecule has 1 saturated heterocycles. The van der Waals surface area contributed by atoms with E-state index < -0.39 is 0 Å². The van der Waals surface area contributed by atoms with Crippen molar-refractivity contribution < 1.29 is 9.53 Å². The van der Waals surface area contributed by atoms with Crippen LogP contribution in [-0.4, -0.2) is 53.8 Å². The number of nitrogens with one attached hydrogen (secondary N) is 1. The Morgan fingerprint density at radius 1 is 1.14 bits per heavy atom. The summed E-state index contributed by atoms with van der Waals surface area (Å²) in [5, 5.41) is 7.24. The number of H-pyrrole nitrogens is 1. The first-order chi connectivity index (χ1) is 14.0. The number of carbonyl (C=O) groups excluding carboxylic acids is 1. The molecule has 6 nitrogen and oxygen atoms in total. The number of benzene rings is 2. The zero-order valence-corrected chi connectivity index (χ0v) is 17.1. The van der Waals surface area contributed by atoms with Crippen LogP contribution in [0.25, 0.3) is 11.3 Å². The van der Waals surface area contributed by atoms with Crippen molar-refractivity contribution in [1.29, 1.82) is 0 Å². The highest BCUT2D eigenvalue weighted by Crippen LogP contribution is 2.25. The van der Waals surface area contributed by atoms with E-state index in [1.807, 2.05) is 35.2 Å². The van der Waals surface area contributed by atoms with Crippen molar-refractivity contribution in [2.75, 3.05) is 31.6 Å². The highest BCUT2D eigenvalue weighted by atomic mass is 16.5. The molecule has 29 heavy (non-hydrogen) atoms. The Balaban J connectivity index is 1.46. The van der Waals surface area contributed by atoms with Crippen LogP contribution >= 0.6 is 0 Å². The van der Waals surface area contributed by atoms with E-state index in [2.05, 4.69) is 53.2 Å². The van der Waals surface area contributed by atoms with E-state index in [1.165, 1.54) is 11.3 Å². The SMILES string of the molecule is COc1cccc(-c2cc(C(=O)N3CCN(c4cccc(C)c4)C(C)C3)[nH]n2)c1. The molecule has 1 aliphatic rings. The number of ether oxygens (including phenoxy) is 1. The van der Waals surface area contributed by atoms with Gasteiger partial charge in [0.25, 0.3) is 5.91 Å². The number of aryl methyl sites for hydroxylation is 1. The van der Waals surface area contributed by atoms with E-state index >= 15 is 0 Å². The topological polar surface area (TPSA) is 61.5 Å². The van der Waals surface area contributed by atoms with Gasteiger partial charge >= 0.3 is 0 Å². The molecule has 1 N–H and O–H groups in total. The lowest BCUT2D eigenvalue weighted by molar-refractivity contribution is 0.0720. The van der Waals surface area contributed by atoms with E-state index in [1.54, 1.807) is 7.11 Å². The Labute approximate surface area is 171 Å². The molecule has 0 saturated carbocycles. The van der Waals surface area contributed by atoms with Crippen molar-refractivity contribution in [2.45, 2.75) is 19.9 Å². The van der Waals surface area contributed by atoms with Gasteiger partial charge in [-0.2, -0.15) is 5.10 Å². The molecule has 1 unspecified atom stereocenters. The third-order valence-electron chi connectivity index (χ3n) is 5.42. The van der Waals surface area contributed by atoms with Crippen molar-refractivity contribution in [3.05, 3.63) is 65.9 Å². The van der Waals surface area contributed by atoms with Crippen molar-refractivity contribution in [3.8, 4) is 17.0 Å². The maximum Gasteiger partial charge on any atom is 0.272 e. The van der Waals surface area contributed by atoms with Gasteiger partial charge in [-0.15, -0.1) is 0 Å². The van der Waals surface area contributed by atoms with Gasteiger partial charge in [-0.1, -0.05) is 24.3 Å². The van der Waals surface area contributed by atoms with Gasteiger partial charge in [-0.3, -0.25) is 9.89 Å². The number of carbonyl (C=O) groups is 1. The van der Waals surface area contributed by atoms with Gasteiger partial charge in [0.1, 0.15) is 11.4 Å². The molecular formula is C23H26N4O2. The summed E-state index contributed by atoms with van der Waals surface area (Å²) in [5.41, 5.74) is 4.62. The number of aromatic amines is 1. The fourth-order valence-electron chi connectivity index (χ4n) is 3.86. The van der Waals surface area contributed by atoms with Crippen LogP contribution in [0.3, 0.4) is 0 Å². The second-order valence-corrected chi connectivity index (χ2v) is 7.53. The van der Waals surface area contributed by atoms with Gasteiger partial charge in [0.05, 0.1) is 12.8 Å². The van der Waals surface area contributed by atoms with Crippen molar-refractivity contribution >= 4 is 11.6 Å². The van der Waals surface area contributed by atoms with Gasteiger partial charge < -0.3 is 14.5 Å². The minimum absolute atomic E-state index is 0.0117. The molecule has 0 spiro atoms. The van der Waals surface area contributed by atoms with Gasteiger partial charge in [-0.05, 0) is 49.7 Å². The number of anilines is 1. The average molecular weight is 390 g/mol. The number of hydrogen-bond acceptors (Lipinski definition) is 4. The third-order valence-corrected chi connectivity index (χ3v) is 5.42. The van der Waals surface area contributed by atoms with Gasteiger partial charge in [0.2, 0.25) is 0 Å².